The molecule has 0 aromatic carbocycles. The summed E-state index contributed by atoms with van der Waals surface area (Å²) >= 11 is 0. The molecule has 0 N–H and O–H groups in total. The van der Waals surface area contributed by atoms with Gasteiger partial charge in [0.2, 0.25) is 5.89 Å². The van der Waals surface area contributed by atoms with Gasteiger partial charge in [0.05, 0.1) is 6.04 Å². The lowest BCUT2D eigenvalue weighted by Gasteiger charge is -2.29. The van der Waals surface area contributed by atoms with Crippen LogP contribution in [0, 0.1) is 5.92 Å². The molecular weight excluding hydrogens is 238 g/mol. The lowest BCUT2D eigenvalue weighted by atomic mass is 9.89. The highest BCUT2D eigenvalue weighted by molar-refractivity contribution is 4.92. The molecule has 1 heterocycles. The topological polar surface area (TPSA) is 42.2 Å². The van der Waals surface area contributed by atoms with Crippen molar-refractivity contribution in [1.29, 1.82) is 0 Å². The molecule has 1 saturated carbocycles. The quantitative estimate of drug-likeness (QED) is 0.788. The van der Waals surface area contributed by atoms with Gasteiger partial charge in [0.25, 0.3) is 0 Å². The van der Waals surface area contributed by atoms with Crippen molar-refractivity contribution in [2.24, 2.45) is 5.92 Å². The fourth-order valence-corrected chi connectivity index (χ4v) is 2.89. The summed E-state index contributed by atoms with van der Waals surface area (Å²) in [5, 5.41) is 4.04. The van der Waals surface area contributed by atoms with Crippen LogP contribution in [0.3, 0.4) is 0 Å². The molecule has 0 amide bonds. The highest BCUT2D eigenvalue weighted by atomic mass is 16.5. The monoisotopic (exact) mass is 265 g/mol. The Morgan fingerprint density at radius 1 is 1.32 bits per heavy atom. The van der Waals surface area contributed by atoms with Crippen LogP contribution < -0.4 is 0 Å². The van der Waals surface area contributed by atoms with E-state index < -0.39 is 0 Å². The van der Waals surface area contributed by atoms with E-state index in [0.717, 1.165) is 37.0 Å². The summed E-state index contributed by atoms with van der Waals surface area (Å²) in [6.45, 7) is 5.44. The molecule has 1 aliphatic carbocycles. The summed E-state index contributed by atoms with van der Waals surface area (Å²) in [6, 6.07) is 0.222. The van der Waals surface area contributed by atoms with E-state index in [-0.39, 0.29) is 6.04 Å². The molecular formula is C15H27N3O. The molecule has 19 heavy (non-hydrogen) atoms. The molecule has 1 aliphatic rings. The largest absolute Gasteiger partial charge is 0.338 e. The first-order valence-corrected chi connectivity index (χ1v) is 7.73. The minimum absolute atomic E-state index is 0.222. The van der Waals surface area contributed by atoms with Gasteiger partial charge < -0.3 is 4.52 Å². The summed E-state index contributed by atoms with van der Waals surface area (Å²) in [6.07, 6.45) is 8.93. The number of aryl methyl sites for hydroxylation is 1. The highest BCUT2D eigenvalue weighted by Gasteiger charge is 2.22. The van der Waals surface area contributed by atoms with Gasteiger partial charge in [-0.3, -0.25) is 4.90 Å². The van der Waals surface area contributed by atoms with E-state index in [1.54, 1.807) is 0 Å². The predicted molar refractivity (Wildman–Crippen MR) is 75.9 cm³/mol. The van der Waals surface area contributed by atoms with Crippen LogP contribution in [0.15, 0.2) is 4.52 Å². The van der Waals surface area contributed by atoms with Crippen molar-refractivity contribution in [3.05, 3.63) is 11.7 Å². The van der Waals surface area contributed by atoms with E-state index in [1.165, 1.54) is 32.1 Å². The maximum absolute atomic E-state index is 5.39. The lowest BCUT2D eigenvalue weighted by molar-refractivity contribution is 0.164. The van der Waals surface area contributed by atoms with E-state index in [2.05, 4.69) is 35.9 Å². The van der Waals surface area contributed by atoms with Crippen LogP contribution >= 0.6 is 0 Å². The van der Waals surface area contributed by atoms with Crippen molar-refractivity contribution < 1.29 is 4.52 Å². The van der Waals surface area contributed by atoms with Crippen LogP contribution in [-0.4, -0.2) is 28.6 Å². The number of hydrogen-bond acceptors (Lipinski definition) is 4. The van der Waals surface area contributed by atoms with Gasteiger partial charge in [-0.2, -0.15) is 4.98 Å². The van der Waals surface area contributed by atoms with Gasteiger partial charge >= 0.3 is 0 Å². The van der Waals surface area contributed by atoms with Crippen LogP contribution in [0.1, 0.15) is 70.1 Å². The van der Waals surface area contributed by atoms with Gasteiger partial charge in [0.15, 0.2) is 5.82 Å². The Morgan fingerprint density at radius 2 is 2.05 bits per heavy atom. The molecule has 4 heteroatoms. The SMILES string of the molecule is CCCc1noc([C@H](C)N(C)CC2CCCCC2)n1. The maximum atomic E-state index is 5.39. The lowest BCUT2D eigenvalue weighted by Crippen LogP contribution is -2.29. The highest BCUT2D eigenvalue weighted by Crippen LogP contribution is 2.26. The van der Waals surface area contributed by atoms with E-state index in [1.807, 2.05) is 0 Å². The van der Waals surface area contributed by atoms with Crippen molar-refractivity contribution in [3.8, 4) is 0 Å². The zero-order valence-electron chi connectivity index (χ0n) is 12.6. The molecule has 0 bridgehead atoms. The molecule has 1 aromatic rings. The molecule has 0 radical (unpaired) electrons. The maximum Gasteiger partial charge on any atom is 0.243 e. The first kappa shape index (κ1) is 14.5. The third-order valence-electron chi connectivity index (χ3n) is 4.25. The summed E-state index contributed by atoms with van der Waals surface area (Å²) in [7, 11) is 2.17. The number of rotatable bonds is 6. The average molecular weight is 265 g/mol. The molecule has 0 unspecified atom stereocenters. The predicted octanol–water partition coefficient (Wildman–Crippen LogP) is 3.60. The average Bonchev–Trinajstić information content (AvgIpc) is 2.88. The fraction of sp³-hybridized carbons (Fsp3) is 0.867. The van der Waals surface area contributed by atoms with Gasteiger partial charge in [-0.15, -0.1) is 0 Å². The zero-order valence-corrected chi connectivity index (χ0v) is 12.6. The van der Waals surface area contributed by atoms with Crippen molar-refractivity contribution in [2.75, 3.05) is 13.6 Å². The van der Waals surface area contributed by atoms with Crippen LogP contribution in [0.25, 0.3) is 0 Å². The Bertz CT molecular complexity index is 371. The number of nitrogens with zero attached hydrogens (tertiary/aromatic N) is 3. The summed E-state index contributed by atoms with van der Waals surface area (Å²) in [5.41, 5.74) is 0. The van der Waals surface area contributed by atoms with Gasteiger partial charge in [0.1, 0.15) is 0 Å². The van der Waals surface area contributed by atoms with E-state index in [4.69, 9.17) is 4.52 Å². The Balaban J connectivity index is 1.87. The normalized spacial score (nSPS) is 18.9. The molecule has 2 rings (SSSR count). The smallest absolute Gasteiger partial charge is 0.243 e. The Kier molecular flexibility index (Phi) is 5.37. The molecule has 108 valence electrons. The fourth-order valence-electron chi connectivity index (χ4n) is 2.89. The van der Waals surface area contributed by atoms with Crippen LogP contribution in [0.2, 0.25) is 0 Å². The van der Waals surface area contributed by atoms with E-state index >= 15 is 0 Å². The third-order valence-corrected chi connectivity index (χ3v) is 4.25. The molecule has 0 aliphatic heterocycles. The first-order valence-electron chi connectivity index (χ1n) is 7.73. The summed E-state index contributed by atoms with van der Waals surface area (Å²) in [5.74, 6) is 2.46. The molecule has 1 fully saturated rings. The Hall–Kier alpha value is -0.900. The number of aromatic nitrogens is 2. The molecule has 0 spiro atoms. The Labute approximate surface area is 116 Å². The second kappa shape index (κ2) is 7.04. The van der Waals surface area contributed by atoms with Crippen LogP contribution in [0.4, 0.5) is 0 Å². The second-order valence-electron chi connectivity index (χ2n) is 5.92. The molecule has 1 atom stereocenters. The van der Waals surface area contributed by atoms with Crippen LogP contribution in [0.5, 0.6) is 0 Å². The van der Waals surface area contributed by atoms with Crippen molar-refractivity contribution in [1.82, 2.24) is 15.0 Å². The summed E-state index contributed by atoms with van der Waals surface area (Å²) in [4.78, 5) is 6.85. The van der Waals surface area contributed by atoms with Crippen LogP contribution in [-0.2, 0) is 6.42 Å². The standard InChI is InChI=1S/C15H27N3O/c1-4-8-14-16-15(19-17-14)12(2)18(3)11-13-9-6-5-7-10-13/h12-13H,4-11H2,1-3H3/t12-/m0/s1. The van der Waals surface area contributed by atoms with Gasteiger partial charge in [0, 0.05) is 13.0 Å². The molecule has 1 aromatic heterocycles. The zero-order chi connectivity index (χ0) is 13.7. The van der Waals surface area contributed by atoms with E-state index in [9.17, 15) is 0 Å². The van der Waals surface area contributed by atoms with E-state index in [0.29, 0.717) is 0 Å². The second-order valence-corrected chi connectivity index (χ2v) is 5.92. The molecule has 0 saturated heterocycles. The third kappa shape index (κ3) is 4.03. The van der Waals surface area contributed by atoms with Gasteiger partial charge in [-0.1, -0.05) is 31.3 Å². The number of hydrogen-bond donors (Lipinski definition) is 0. The molecule has 4 nitrogen and oxygen atoms in total. The minimum atomic E-state index is 0.222. The van der Waals surface area contributed by atoms with Gasteiger partial charge in [-0.05, 0) is 39.2 Å². The van der Waals surface area contributed by atoms with Gasteiger partial charge in [-0.25, -0.2) is 0 Å². The van der Waals surface area contributed by atoms with Crippen molar-refractivity contribution >= 4 is 0 Å². The Morgan fingerprint density at radius 3 is 2.74 bits per heavy atom. The van der Waals surface area contributed by atoms with Crippen molar-refractivity contribution in [2.45, 2.75) is 64.8 Å². The minimum Gasteiger partial charge on any atom is -0.338 e. The van der Waals surface area contributed by atoms with Crippen molar-refractivity contribution in [3.63, 3.8) is 0 Å². The summed E-state index contributed by atoms with van der Waals surface area (Å²) < 4.78 is 5.39. The first-order chi connectivity index (χ1) is 9.20.